The molecule has 7 heteroatoms. The van der Waals surface area contributed by atoms with Crippen LogP contribution in [0.2, 0.25) is 0 Å². The molecule has 3 rings (SSSR count). The lowest BCUT2D eigenvalue weighted by Gasteiger charge is -2.30. The fourth-order valence-electron chi connectivity index (χ4n) is 3.00. The van der Waals surface area contributed by atoms with Crippen molar-refractivity contribution in [2.45, 2.75) is 26.2 Å². The predicted molar refractivity (Wildman–Crippen MR) is 105 cm³/mol. The van der Waals surface area contributed by atoms with Gasteiger partial charge in [0, 0.05) is 30.9 Å². The van der Waals surface area contributed by atoms with E-state index in [4.69, 9.17) is 9.47 Å². The molecule has 7 nitrogen and oxygen atoms in total. The SMILES string of the molecule is CCCOC(=O)N1CCC(C(=O)Nc2ccc(Oc3cccnc3)cc2)CC1. The molecule has 0 spiro atoms. The van der Waals surface area contributed by atoms with Crippen LogP contribution in [0.3, 0.4) is 0 Å². The number of carbonyl (C=O) groups is 2. The Bertz CT molecular complexity index is 772. The van der Waals surface area contributed by atoms with Crippen molar-refractivity contribution in [3.63, 3.8) is 0 Å². The average Bonchev–Trinajstić information content (AvgIpc) is 2.74. The maximum absolute atomic E-state index is 12.5. The fourth-order valence-corrected chi connectivity index (χ4v) is 3.00. The number of piperidine rings is 1. The quantitative estimate of drug-likeness (QED) is 0.813. The van der Waals surface area contributed by atoms with Crippen molar-refractivity contribution >= 4 is 17.7 Å². The third kappa shape index (κ3) is 5.45. The highest BCUT2D eigenvalue weighted by atomic mass is 16.6. The number of nitrogens with one attached hydrogen (secondary N) is 1. The first-order chi connectivity index (χ1) is 13.7. The summed E-state index contributed by atoms with van der Waals surface area (Å²) in [6.45, 7) is 3.47. The summed E-state index contributed by atoms with van der Waals surface area (Å²) in [5, 5.41) is 2.94. The van der Waals surface area contributed by atoms with Gasteiger partial charge in [0.05, 0.1) is 12.8 Å². The van der Waals surface area contributed by atoms with Crippen LogP contribution in [-0.2, 0) is 9.53 Å². The number of likely N-dealkylation sites (tertiary alicyclic amines) is 1. The van der Waals surface area contributed by atoms with E-state index in [1.54, 1.807) is 47.6 Å². The van der Waals surface area contributed by atoms with Gasteiger partial charge in [0.2, 0.25) is 5.91 Å². The fraction of sp³-hybridized carbons (Fsp3) is 0.381. The third-order valence-corrected chi connectivity index (χ3v) is 4.55. The Morgan fingerprint density at radius 3 is 2.54 bits per heavy atom. The summed E-state index contributed by atoms with van der Waals surface area (Å²) in [5.74, 6) is 1.19. The van der Waals surface area contributed by atoms with Crippen molar-refractivity contribution < 1.29 is 19.1 Å². The summed E-state index contributed by atoms with van der Waals surface area (Å²) in [6.07, 6.45) is 5.11. The van der Waals surface area contributed by atoms with E-state index in [1.165, 1.54) is 0 Å². The molecule has 1 aromatic heterocycles. The average molecular weight is 383 g/mol. The molecule has 0 bridgehead atoms. The summed E-state index contributed by atoms with van der Waals surface area (Å²) < 4.78 is 10.8. The monoisotopic (exact) mass is 383 g/mol. The van der Waals surface area contributed by atoms with Gasteiger partial charge >= 0.3 is 6.09 Å². The van der Waals surface area contributed by atoms with E-state index in [2.05, 4.69) is 10.3 Å². The number of carbonyl (C=O) groups excluding carboxylic acids is 2. The lowest BCUT2D eigenvalue weighted by Crippen LogP contribution is -2.41. The molecule has 1 aromatic carbocycles. The number of nitrogens with zero attached hydrogens (tertiary/aromatic N) is 2. The van der Waals surface area contributed by atoms with Crippen LogP contribution in [-0.4, -0.2) is 41.6 Å². The highest BCUT2D eigenvalue weighted by molar-refractivity contribution is 5.92. The van der Waals surface area contributed by atoms with Gasteiger partial charge in [-0.25, -0.2) is 4.79 Å². The molecule has 1 fully saturated rings. The molecule has 2 amide bonds. The Morgan fingerprint density at radius 1 is 1.14 bits per heavy atom. The second-order valence-corrected chi connectivity index (χ2v) is 6.68. The molecule has 0 atom stereocenters. The van der Waals surface area contributed by atoms with E-state index >= 15 is 0 Å². The van der Waals surface area contributed by atoms with E-state index in [-0.39, 0.29) is 17.9 Å². The zero-order chi connectivity index (χ0) is 19.8. The molecule has 1 N–H and O–H groups in total. The molecule has 0 radical (unpaired) electrons. The predicted octanol–water partition coefficient (Wildman–Crippen LogP) is 4.07. The maximum atomic E-state index is 12.5. The van der Waals surface area contributed by atoms with Crippen molar-refractivity contribution in [2.24, 2.45) is 5.92 Å². The number of hydrogen-bond acceptors (Lipinski definition) is 5. The smallest absolute Gasteiger partial charge is 0.409 e. The number of benzene rings is 1. The Balaban J connectivity index is 1.47. The highest BCUT2D eigenvalue weighted by Crippen LogP contribution is 2.24. The first-order valence-corrected chi connectivity index (χ1v) is 9.56. The lowest BCUT2D eigenvalue weighted by atomic mass is 9.96. The van der Waals surface area contributed by atoms with Crippen molar-refractivity contribution in [3.8, 4) is 11.5 Å². The molecule has 0 unspecified atom stereocenters. The van der Waals surface area contributed by atoms with Crippen LogP contribution in [0.15, 0.2) is 48.8 Å². The largest absolute Gasteiger partial charge is 0.456 e. The van der Waals surface area contributed by atoms with Gasteiger partial charge in [-0.05, 0) is 55.7 Å². The molecule has 1 aliphatic heterocycles. The van der Waals surface area contributed by atoms with Gasteiger partial charge in [0.25, 0.3) is 0 Å². The number of hydrogen-bond donors (Lipinski definition) is 1. The second-order valence-electron chi connectivity index (χ2n) is 6.68. The maximum Gasteiger partial charge on any atom is 0.409 e. The normalized spacial score (nSPS) is 14.4. The molecule has 0 saturated carbocycles. The standard InChI is InChI=1S/C21H25N3O4/c1-2-14-27-21(26)24-12-9-16(10-13-24)20(25)23-17-5-7-18(8-6-17)28-19-4-3-11-22-15-19/h3-8,11,15-16H,2,9-10,12-14H2,1H3,(H,23,25). The Labute approximate surface area is 164 Å². The van der Waals surface area contributed by atoms with Crippen LogP contribution in [0, 0.1) is 5.92 Å². The van der Waals surface area contributed by atoms with Gasteiger partial charge in [-0.2, -0.15) is 0 Å². The first-order valence-electron chi connectivity index (χ1n) is 9.56. The molecule has 1 saturated heterocycles. The minimum Gasteiger partial charge on any atom is -0.456 e. The molecular formula is C21H25N3O4. The van der Waals surface area contributed by atoms with E-state index in [9.17, 15) is 9.59 Å². The van der Waals surface area contributed by atoms with E-state index < -0.39 is 0 Å². The zero-order valence-corrected chi connectivity index (χ0v) is 16.0. The molecule has 0 aliphatic carbocycles. The summed E-state index contributed by atoms with van der Waals surface area (Å²) >= 11 is 0. The molecular weight excluding hydrogens is 358 g/mol. The van der Waals surface area contributed by atoms with Gasteiger partial charge in [-0.15, -0.1) is 0 Å². The number of anilines is 1. The molecule has 2 heterocycles. The van der Waals surface area contributed by atoms with Gasteiger partial charge < -0.3 is 19.7 Å². The Kier molecular flexibility index (Phi) is 6.84. The molecule has 1 aliphatic rings. The topological polar surface area (TPSA) is 80.8 Å². The van der Waals surface area contributed by atoms with E-state index in [0.717, 1.165) is 6.42 Å². The van der Waals surface area contributed by atoms with Crippen molar-refractivity contribution in [3.05, 3.63) is 48.8 Å². The van der Waals surface area contributed by atoms with E-state index in [1.807, 2.05) is 13.0 Å². The van der Waals surface area contributed by atoms with Gasteiger partial charge in [-0.3, -0.25) is 9.78 Å². The van der Waals surface area contributed by atoms with Crippen molar-refractivity contribution in [1.29, 1.82) is 0 Å². The van der Waals surface area contributed by atoms with Gasteiger partial charge in [0.1, 0.15) is 11.5 Å². The van der Waals surface area contributed by atoms with Crippen LogP contribution < -0.4 is 10.1 Å². The molecule has 148 valence electrons. The van der Waals surface area contributed by atoms with Crippen LogP contribution in [0.25, 0.3) is 0 Å². The van der Waals surface area contributed by atoms with Crippen LogP contribution >= 0.6 is 0 Å². The lowest BCUT2D eigenvalue weighted by molar-refractivity contribution is -0.121. The summed E-state index contributed by atoms with van der Waals surface area (Å²) in [6, 6.07) is 10.8. The van der Waals surface area contributed by atoms with Crippen molar-refractivity contribution in [1.82, 2.24) is 9.88 Å². The van der Waals surface area contributed by atoms with Crippen LogP contribution in [0.5, 0.6) is 11.5 Å². The second kappa shape index (κ2) is 9.73. The van der Waals surface area contributed by atoms with Crippen molar-refractivity contribution in [2.75, 3.05) is 25.0 Å². The number of amides is 2. The first kappa shape index (κ1) is 19.7. The Hall–Kier alpha value is -3.09. The van der Waals surface area contributed by atoms with Gasteiger partial charge in [-0.1, -0.05) is 6.92 Å². The zero-order valence-electron chi connectivity index (χ0n) is 16.0. The van der Waals surface area contributed by atoms with Crippen LogP contribution in [0.1, 0.15) is 26.2 Å². The summed E-state index contributed by atoms with van der Waals surface area (Å²) in [7, 11) is 0. The minimum atomic E-state index is -0.287. The number of rotatable bonds is 6. The summed E-state index contributed by atoms with van der Waals surface area (Å²) in [5.41, 5.74) is 0.716. The highest BCUT2D eigenvalue weighted by Gasteiger charge is 2.28. The number of pyridine rings is 1. The van der Waals surface area contributed by atoms with Gasteiger partial charge in [0.15, 0.2) is 0 Å². The molecule has 28 heavy (non-hydrogen) atoms. The van der Waals surface area contributed by atoms with E-state index in [0.29, 0.717) is 49.7 Å². The Morgan fingerprint density at radius 2 is 1.89 bits per heavy atom. The third-order valence-electron chi connectivity index (χ3n) is 4.55. The minimum absolute atomic E-state index is 0.0255. The van der Waals surface area contributed by atoms with Crippen LogP contribution in [0.4, 0.5) is 10.5 Å². The number of aromatic nitrogens is 1. The molecule has 2 aromatic rings. The summed E-state index contributed by atoms with van der Waals surface area (Å²) in [4.78, 5) is 30.1. The number of ether oxygens (including phenoxy) is 2.